The first-order valence-corrected chi connectivity index (χ1v) is 7.45. The van der Waals surface area contributed by atoms with E-state index < -0.39 is 0 Å². The van der Waals surface area contributed by atoms with Crippen LogP contribution in [-0.2, 0) is 6.54 Å². The van der Waals surface area contributed by atoms with Crippen LogP contribution in [0.2, 0.25) is 5.15 Å². The van der Waals surface area contributed by atoms with Crippen molar-refractivity contribution in [1.82, 2.24) is 24.8 Å². The van der Waals surface area contributed by atoms with Gasteiger partial charge in [0.2, 0.25) is 0 Å². The summed E-state index contributed by atoms with van der Waals surface area (Å²) in [6.07, 6.45) is 5.77. The molecule has 3 aromatic heterocycles. The fourth-order valence-electron chi connectivity index (χ4n) is 2.56. The Morgan fingerprint density at radius 1 is 1.30 bits per heavy atom. The molecule has 0 aromatic carbocycles. The van der Waals surface area contributed by atoms with Crippen LogP contribution in [-0.4, -0.2) is 38.4 Å². The number of pyridine rings is 1. The van der Waals surface area contributed by atoms with Crippen molar-refractivity contribution in [1.29, 1.82) is 0 Å². The van der Waals surface area contributed by atoms with Gasteiger partial charge in [0.15, 0.2) is 11.5 Å². The Kier molecular flexibility index (Phi) is 3.34. The summed E-state index contributed by atoms with van der Waals surface area (Å²) in [7, 11) is 1.63. The Bertz CT molecular complexity index is 906. The molecule has 3 aromatic rings. The van der Waals surface area contributed by atoms with Crippen molar-refractivity contribution in [2.75, 3.05) is 18.6 Å². The molecule has 0 saturated carbocycles. The first kappa shape index (κ1) is 14.0. The summed E-state index contributed by atoms with van der Waals surface area (Å²) in [6, 6.07) is 5.46. The number of nitrogens with zero attached hydrogens (tertiary/aromatic N) is 6. The number of hydrogen-bond donors (Lipinski definition) is 0. The SMILES string of the molecule is COc1cnc2c(c1)N(Cc1nnc3ccc(Cl)nn13)CC=C2. The topological polar surface area (TPSA) is 68.4 Å². The number of fused-ring (bicyclic) bond motifs is 2. The fraction of sp³-hybridized carbons (Fsp3) is 0.200. The summed E-state index contributed by atoms with van der Waals surface area (Å²) in [6.45, 7) is 1.29. The average Bonchev–Trinajstić information content (AvgIpc) is 2.97. The smallest absolute Gasteiger partial charge is 0.178 e. The van der Waals surface area contributed by atoms with Crippen molar-refractivity contribution in [2.24, 2.45) is 0 Å². The van der Waals surface area contributed by atoms with Gasteiger partial charge in [0.05, 0.1) is 31.2 Å². The predicted octanol–water partition coefficient (Wildman–Crippen LogP) is 2.21. The molecule has 4 rings (SSSR count). The molecule has 7 nitrogen and oxygen atoms in total. The molecule has 0 bridgehead atoms. The van der Waals surface area contributed by atoms with Crippen molar-refractivity contribution >= 4 is 29.0 Å². The second-order valence-electron chi connectivity index (χ2n) is 5.10. The standard InChI is InChI=1S/C15H13ClN6O/c1-23-10-7-12-11(17-8-10)3-2-6-21(12)9-15-19-18-14-5-4-13(16)20-22(14)15/h2-5,7-8H,6,9H2,1H3. The molecule has 0 radical (unpaired) electrons. The highest BCUT2D eigenvalue weighted by molar-refractivity contribution is 6.29. The highest BCUT2D eigenvalue weighted by Crippen LogP contribution is 2.29. The predicted molar refractivity (Wildman–Crippen MR) is 86.7 cm³/mol. The van der Waals surface area contributed by atoms with Gasteiger partial charge in [-0.25, -0.2) is 0 Å². The Morgan fingerprint density at radius 2 is 2.22 bits per heavy atom. The van der Waals surface area contributed by atoms with Crippen LogP contribution in [0.15, 0.2) is 30.5 Å². The first-order chi connectivity index (χ1) is 11.2. The van der Waals surface area contributed by atoms with E-state index in [9.17, 15) is 0 Å². The molecule has 0 N–H and O–H groups in total. The summed E-state index contributed by atoms with van der Waals surface area (Å²) >= 11 is 5.97. The molecule has 0 aliphatic carbocycles. The number of aromatic nitrogens is 5. The van der Waals surface area contributed by atoms with Gasteiger partial charge in [-0.1, -0.05) is 17.7 Å². The van der Waals surface area contributed by atoms with E-state index in [-0.39, 0.29) is 0 Å². The van der Waals surface area contributed by atoms with Crippen LogP contribution in [0, 0.1) is 0 Å². The van der Waals surface area contributed by atoms with E-state index in [0.29, 0.717) is 23.2 Å². The molecule has 23 heavy (non-hydrogen) atoms. The lowest BCUT2D eigenvalue weighted by molar-refractivity contribution is 0.412. The molecule has 116 valence electrons. The van der Waals surface area contributed by atoms with Crippen LogP contribution in [0.4, 0.5) is 5.69 Å². The van der Waals surface area contributed by atoms with Crippen molar-refractivity contribution < 1.29 is 4.74 Å². The maximum absolute atomic E-state index is 5.97. The highest BCUT2D eigenvalue weighted by atomic mass is 35.5. The van der Waals surface area contributed by atoms with E-state index in [1.807, 2.05) is 12.1 Å². The molecule has 0 spiro atoms. The van der Waals surface area contributed by atoms with Gasteiger partial charge in [0.1, 0.15) is 10.9 Å². The normalized spacial score (nSPS) is 13.4. The molecule has 0 atom stereocenters. The molecule has 8 heteroatoms. The monoisotopic (exact) mass is 328 g/mol. The Morgan fingerprint density at radius 3 is 3.09 bits per heavy atom. The minimum absolute atomic E-state index is 0.404. The van der Waals surface area contributed by atoms with Crippen LogP contribution in [0.3, 0.4) is 0 Å². The number of hydrogen-bond acceptors (Lipinski definition) is 6. The van der Waals surface area contributed by atoms with Crippen molar-refractivity contribution in [2.45, 2.75) is 6.54 Å². The molecule has 1 aliphatic rings. The number of rotatable bonds is 3. The minimum atomic E-state index is 0.404. The molecule has 1 aliphatic heterocycles. The van der Waals surface area contributed by atoms with E-state index in [1.54, 1.807) is 30.0 Å². The van der Waals surface area contributed by atoms with Gasteiger partial charge in [0, 0.05) is 12.6 Å². The van der Waals surface area contributed by atoms with Gasteiger partial charge in [-0.05, 0) is 18.2 Å². The quantitative estimate of drug-likeness (QED) is 0.734. The van der Waals surface area contributed by atoms with Crippen LogP contribution in [0.25, 0.3) is 11.7 Å². The largest absolute Gasteiger partial charge is 0.495 e. The highest BCUT2D eigenvalue weighted by Gasteiger charge is 2.18. The van der Waals surface area contributed by atoms with Crippen LogP contribution < -0.4 is 9.64 Å². The molecule has 0 unspecified atom stereocenters. The summed E-state index contributed by atoms with van der Waals surface area (Å²) in [5.74, 6) is 1.43. The summed E-state index contributed by atoms with van der Waals surface area (Å²) in [5, 5.41) is 13.0. The number of ether oxygens (including phenoxy) is 1. The van der Waals surface area contributed by atoms with Gasteiger partial charge in [-0.3, -0.25) is 4.98 Å². The molecular weight excluding hydrogens is 316 g/mol. The second kappa shape index (κ2) is 5.51. The molecular formula is C15H13ClN6O. The lowest BCUT2D eigenvalue weighted by atomic mass is 10.2. The van der Waals surface area contributed by atoms with Gasteiger partial charge in [-0.2, -0.15) is 9.61 Å². The van der Waals surface area contributed by atoms with Gasteiger partial charge in [0.25, 0.3) is 0 Å². The van der Waals surface area contributed by atoms with Gasteiger partial charge >= 0.3 is 0 Å². The van der Waals surface area contributed by atoms with E-state index in [0.717, 1.165) is 23.7 Å². The second-order valence-corrected chi connectivity index (χ2v) is 5.49. The Hall–Kier alpha value is -2.67. The van der Waals surface area contributed by atoms with Crippen LogP contribution >= 0.6 is 11.6 Å². The lowest BCUT2D eigenvalue weighted by Crippen LogP contribution is -2.27. The zero-order chi connectivity index (χ0) is 15.8. The summed E-state index contributed by atoms with van der Waals surface area (Å²) < 4.78 is 6.93. The number of anilines is 1. The summed E-state index contributed by atoms with van der Waals surface area (Å²) in [4.78, 5) is 6.56. The molecule has 0 fully saturated rings. The third kappa shape index (κ3) is 2.49. The maximum atomic E-state index is 5.97. The van der Waals surface area contributed by atoms with Crippen LogP contribution in [0.1, 0.15) is 11.5 Å². The molecule has 0 saturated heterocycles. The zero-order valence-electron chi connectivity index (χ0n) is 12.3. The van der Waals surface area contributed by atoms with Gasteiger partial charge in [-0.15, -0.1) is 10.2 Å². The fourth-order valence-corrected chi connectivity index (χ4v) is 2.70. The number of methoxy groups -OCH3 is 1. The van der Waals surface area contributed by atoms with Crippen molar-refractivity contribution in [3.63, 3.8) is 0 Å². The Labute approximate surface area is 137 Å². The van der Waals surface area contributed by atoms with Crippen molar-refractivity contribution in [3.05, 3.63) is 47.1 Å². The Balaban J connectivity index is 1.72. The van der Waals surface area contributed by atoms with Crippen LogP contribution in [0.5, 0.6) is 5.75 Å². The number of halogens is 1. The zero-order valence-corrected chi connectivity index (χ0v) is 13.1. The molecule has 4 heterocycles. The first-order valence-electron chi connectivity index (χ1n) is 7.07. The van der Waals surface area contributed by atoms with E-state index in [1.165, 1.54) is 0 Å². The van der Waals surface area contributed by atoms with E-state index in [4.69, 9.17) is 16.3 Å². The molecule has 0 amide bonds. The lowest BCUT2D eigenvalue weighted by Gasteiger charge is -2.26. The average molecular weight is 329 g/mol. The van der Waals surface area contributed by atoms with Crippen molar-refractivity contribution in [3.8, 4) is 5.75 Å². The summed E-state index contributed by atoms with van der Waals surface area (Å²) in [5.41, 5.74) is 2.56. The third-order valence-electron chi connectivity index (χ3n) is 3.68. The van der Waals surface area contributed by atoms with E-state index >= 15 is 0 Å². The minimum Gasteiger partial charge on any atom is -0.495 e. The third-order valence-corrected chi connectivity index (χ3v) is 3.88. The van der Waals surface area contributed by atoms with E-state index in [2.05, 4.69) is 31.3 Å². The maximum Gasteiger partial charge on any atom is 0.178 e. The van der Waals surface area contributed by atoms with Gasteiger partial charge < -0.3 is 9.64 Å².